The monoisotopic (exact) mass is 444 g/mol. The molecule has 7 nitrogen and oxygen atoms in total. The van der Waals surface area contributed by atoms with Crippen molar-refractivity contribution in [1.82, 2.24) is 4.98 Å². The van der Waals surface area contributed by atoms with Crippen molar-refractivity contribution in [2.24, 2.45) is 0 Å². The Bertz CT molecular complexity index is 1250. The highest BCUT2D eigenvalue weighted by Crippen LogP contribution is 2.31. The third kappa shape index (κ3) is 5.15. The first-order valence-corrected chi connectivity index (χ1v) is 10.3. The highest BCUT2D eigenvalue weighted by atomic mass is 16.5. The van der Waals surface area contributed by atoms with Gasteiger partial charge in [0.15, 0.2) is 6.61 Å². The summed E-state index contributed by atoms with van der Waals surface area (Å²) in [6.07, 6.45) is 0. The molecule has 0 bridgehead atoms. The van der Waals surface area contributed by atoms with E-state index in [0.717, 1.165) is 27.9 Å². The molecule has 0 fully saturated rings. The Morgan fingerprint density at radius 3 is 2.15 bits per heavy atom. The van der Waals surface area contributed by atoms with Crippen LogP contribution in [0.5, 0.6) is 23.0 Å². The number of benzene rings is 3. The lowest BCUT2D eigenvalue weighted by Crippen LogP contribution is -2.20. The predicted octanol–water partition coefficient (Wildman–Crippen LogP) is 4.95. The molecule has 1 heterocycles. The number of fused-ring (bicyclic) bond motifs is 1. The average molecular weight is 444 g/mol. The number of nitrogens with one attached hydrogen (secondary N) is 1. The topological polar surface area (TPSA) is 78.9 Å². The number of amides is 1. The van der Waals surface area contributed by atoms with Gasteiger partial charge in [0.1, 0.15) is 23.0 Å². The number of hydrogen-bond donors (Lipinski definition) is 1. The summed E-state index contributed by atoms with van der Waals surface area (Å²) >= 11 is 0. The molecule has 7 heteroatoms. The van der Waals surface area contributed by atoms with E-state index in [2.05, 4.69) is 5.32 Å². The molecule has 1 N–H and O–H groups in total. The molecule has 1 aromatic heterocycles. The highest BCUT2D eigenvalue weighted by Gasteiger charge is 2.12. The lowest BCUT2D eigenvalue weighted by Gasteiger charge is -2.13. The van der Waals surface area contributed by atoms with E-state index >= 15 is 0 Å². The number of para-hydroxylation sites is 1. The lowest BCUT2D eigenvalue weighted by atomic mass is 10.1. The number of carbonyl (C=O) groups excluding carboxylic acids is 1. The predicted molar refractivity (Wildman–Crippen MR) is 127 cm³/mol. The van der Waals surface area contributed by atoms with Gasteiger partial charge in [-0.1, -0.05) is 12.1 Å². The van der Waals surface area contributed by atoms with Crippen molar-refractivity contribution in [3.63, 3.8) is 0 Å². The van der Waals surface area contributed by atoms with Crippen LogP contribution in [-0.2, 0) is 4.79 Å². The van der Waals surface area contributed by atoms with E-state index in [1.165, 1.54) is 0 Å². The molecule has 0 aliphatic rings. The van der Waals surface area contributed by atoms with Gasteiger partial charge in [-0.05, 0) is 36.4 Å². The summed E-state index contributed by atoms with van der Waals surface area (Å²) in [5.74, 6) is 2.19. The van der Waals surface area contributed by atoms with Gasteiger partial charge in [-0.3, -0.25) is 4.79 Å². The van der Waals surface area contributed by atoms with Crippen LogP contribution in [0.4, 0.5) is 5.69 Å². The van der Waals surface area contributed by atoms with E-state index in [-0.39, 0.29) is 12.5 Å². The van der Waals surface area contributed by atoms with Gasteiger partial charge in [0.25, 0.3) is 5.91 Å². The van der Waals surface area contributed by atoms with Crippen LogP contribution in [0, 0.1) is 0 Å². The van der Waals surface area contributed by atoms with E-state index in [1.807, 2.05) is 54.6 Å². The molecule has 33 heavy (non-hydrogen) atoms. The Hall–Kier alpha value is -4.26. The highest BCUT2D eigenvalue weighted by molar-refractivity contribution is 5.93. The number of methoxy groups -OCH3 is 3. The van der Waals surface area contributed by atoms with Crippen LogP contribution in [-0.4, -0.2) is 38.8 Å². The fourth-order valence-electron chi connectivity index (χ4n) is 3.39. The van der Waals surface area contributed by atoms with Crippen LogP contribution < -0.4 is 24.3 Å². The molecule has 0 aliphatic carbocycles. The summed E-state index contributed by atoms with van der Waals surface area (Å²) < 4.78 is 21.7. The minimum absolute atomic E-state index is 0.171. The third-order valence-electron chi connectivity index (χ3n) is 5.06. The number of pyridine rings is 1. The molecular weight excluding hydrogens is 420 g/mol. The number of anilines is 1. The van der Waals surface area contributed by atoms with Crippen molar-refractivity contribution in [3.05, 3.63) is 72.8 Å². The first kappa shape index (κ1) is 22.0. The van der Waals surface area contributed by atoms with Gasteiger partial charge in [-0.15, -0.1) is 0 Å². The third-order valence-corrected chi connectivity index (χ3v) is 5.06. The Labute approximate surface area is 191 Å². The van der Waals surface area contributed by atoms with Crippen molar-refractivity contribution in [2.75, 3.05) is 33.3 Å². The molecule has 0 aliphatic heterocycles. The van der Waals surface area contributed by atoms with E-state index < -0.39 is 0 Å². The standard InChI is InChI=1S/C26H24N2O5/c1-30-19-10-8-17(9-11-19)24-15-25(22-6-4-5-7-23(22)28-24)33-16-26(29)27-18-12-20(31-2)14-21(13-18)32-3/h4-15H,16H2,1-3H3,(H,27,29). The van der Waals surface area contributed by atoms with E-state index in [9.17, 15) is 4.79 Å². The van der Waals surface area contributed by atoms with Crippen molar-refractivity contribution in [2.45, 2.75) is 0 Å². The van der Waals surface area contributed by atoms with Crippen LogP contribution in [0.2, 0.25) is 0 Å². The van der Waals surface area contributed by atoms with Crippen molar-refractivity contribution < 1.29 is 23.7 Å². The molecule has 0 spiro atoms. The Balaban J connectivity index is 1.56. The summed E-state index contributed by atoms with van der Waals surface area (Å²) in [6.45, 7) is -0.171. The van der Waals surface area contributed by atoms with E-state index in [1.54, 1.807) is 39.5 Å². The quantitative estimate of drug-likeness (QED) is 0.415. The summed E-state index contributed by atoms with van der Waals surface area (Å²) in [5, 5.41) is 3.64. The molecule has 0 atom stereocenters. The summed E-state index contributed by atoms with van der Waals surface area (Å²) in [5.41, 5.74) is 2.99. The normalized spacial score (nSPS) is 10.5. The molecule has 4 rings (SSSR count). The zero-order chi connectivity index (χ0) is 23.2. The SMILES string of the molecule is COc1ccc(-c2cc(OCC(=O)Nc3cc(OC)cc(OC)c3)c3ccccc3n2)cc1. The summed E-state index contributed by atoms with van der Waals surface area (Å²) in [4.78, 5) is 17.3. The minimum atomic E-state index is -0.308. The first-order valence-electron chi connectivity index (χ1n) is 10.3. The second-order valence-corrected chi connectivity index (χ2v) is 7.19. The van der Waals surface area contributed by atoms with Gasteiger partial charge in [0.05, 0.1) is 32.5 Å². The van der Waals surface area contributed by atoms with Crippen LogP contribution in [0.1, 0.15) is 0 Å². The molecule has 3 aromatic carbocycles. The molecule has 1 amide bonds. The minimum Gasteiger partial charge on any atom is -0.497 e. The van der Waals surface area contributed by atoms with Crippen molar-refractivity contribution >= 4 is 22.5 Å². The van der Waals surface area contributed by atoms with Gasteiger partial charge >= 0.3 is 0 Å². The number of hydrogen-bond acceptors (Lipinski definition) is 6. The maximum Gasteiger partial charge on any atom is 0.262 e. The Kier molecular flexibility index (Phi) is 6.59. The fourth-order valence-corrected chi connectivity index (χ4v) is 3.39. The lowest BCUT2D eigenvalue weighted by molar-refractivity contribution is -0.118. The van der Waals surface area contributed by atoms with Crippen LogP contribution in [0.25, 0.3) is 22.2 Å². The molecule has 0 saturated carbocycles. The number of rotatable bonds is 8. The molecule has 0 unspecified atom stereocenters. The largest absolute Gasteiger partial charge is 0.497 e. The molecule has 4 aromatic rings. The van der Waals surface area contributed by atoms with Crippen LogP contribution in [0.15, 0.2) is 72.8 Å². The number of aromatic nitrogens is 1. The van der Waals surface area contributed by atoms with Crippen molar-refractivity contribution in [1.29, 1.82) is 0 Å². The fraction of sp³-hybridized carbons (Fsp3) is 0.154. The first-order chi connectivity index (χ1) is 16.1. The smallest absolute Gasteiger partial charge is 0.262 e. The molecular formula is C26H24N2O5. The zero-order valence-electron chi connectivity index (χ0n) is 18.6. The van der Waals surface area contributed by atoms with Gasteiger partial charge in [0, 0.05) is 40.9 Å². The van der Waals surface area contributed by atoms with Crippen LogP contribution >= 0.6 is 0 Å². The second kappa shape index (κ2) is 9.91. The molecule has 168 valence electrons. The summed E-state index contributed by atoms with van der Waals surface area (Å²) in [7, 11) is 4.73. The number of ether oxygens (including phenoxy) is 4. The Morgan fingerprint density at radius 1 is 0.818 bits per heavy atom. The summed E-state index contributed by atoms with van der Waals surface area (Å²) in [6, 6.07) is 22.3. The van der Waals surface area contributed by atoms with E-state index in [4.69, 9.17) is 23.9 Å². The molecule has 0 saturated heterocycles. The second-order valence-electron chi connectivity index (χ2n) is 7.19. The number of nitrogens with zero attached hydrogens (tertiary/aromatic N) is 1. The van der Waals surface area contributed by atoms with Gasteiger partial charge in [-0.2, -0.15) is 0 Å². The van der Waals surface area contributed by atoms with Crippen LogP contribution in [0.3, 0.4) is 0 Å². The van der Waals surface area contributed by atoms with E-state index in [0.29, 0.717) is 22.9 Å². The average Bonchev–Trinajstić information content (AvgIpc) is 2.86. The zero-order valence-corrected chi connectivity index (χ0v) is 18.6. The van der Waals surface area contributed by atoms with Gasteiger partial charge < -0.3 is 24.3 Å². The number of carbonyl (C=O) groups is 1. The maximum atomic E-state index is 12.6. The molecule has 0 radical (unpaired) electrons. The van der Waals surface area contributed by atoms with Gasteiger partial charge in [0.2, 0.25) is 0 Å². The Morgan fingerprint density at radius 2 is 1.48 bits per heavy atom. The van der Waals surface area contributed by atoms with Crippen molar-refractivity contribution in [3.8, 4) is 34.3 Å². The maximum absolute atomic E-state index is 12.6. The van der Waals surface area contributed by atoms with Gasteiger partial charge in [-0.25, -0.2) is 4.98 Å².